The van der Waals surface area contributed by atoms with E-state index in [2.05, 4.69) is 19.9 Å². The van der Waals surface area contributed by atoms with Crippen LogP contribution in [-0.4, -0.2) is 12.4 Å². The molecule has 0 aliphatic rings. The van der Waals surface area contributed by atoms with Gasteiger partial charge in [-0.25, -0.2) is 0 Å². The van der Waals surface area contributed by atoms with Crippen LogP contribution in [0.5, 0.6) is 5.75 Å². The molecule has 0 fully saturated rings. The van der Waals surface area contributed by atoms with Gasteiger partial charge in [0, 0.05) is 12.0 Å². The van der Waals surface area contributed by atoms with Gasteiger partial charge in [-0.3, -0.25) is 4.79 Å². The van der Waals surface area contributed by atoms with Gasteiger partial charge in [-0.1, -0.05) is 42.5 Å². The zero-order chi connectivity index (χ0) is 14.4. The average Bonchev–Trinajstić information content (AvgIpc) is 2.48. The Morgan fingerprint density at radius 1 is 1.00 bits per heavy atom. The molecule has 0 aromatic heterocycles. The molecule has 2 aromatic carbocycles. The highest BCUT2D eigenvalue weighted by Crippen LogP contribution is 2.20. The van der Waals surface area contributed by atoms with E-state index in [9.17, 15) is 4.79 Å². The van der Waals surface area contributed by atoms with Crippen LogP contribution in [0.25, 0.3) is 0 Å². The minimum absolute atomic E-state index is 0.176. The monoisotopic (exact) mass is 268 g/mol. The first kappa shape index (κ1) is 14.3. The van der Waals surface area contributed by atoms with Crippen molar-refractivity contribution in [2.45, 2.75) is 26.7 Å². The van der Waals surface area contributed by atoms with Crippen LogP contribution in [0, 0.1) is 13.8 Å². The molecule has 0 unspecified atom stereocenters. The van der Waals surface area contributed by atoms with Crippen LogP contribution in [0.1, 0.15) is 34.3 Å². The van der Waals surface area contributed by atoms with Crippen LogP contribution in [-0.2, 0) is 0 Å². The molecular weight excluding hydrogens is 248 g/mol. The molecule has 0 atom stereocenters. The number of hydrogen-bond donors (Lipinski definition) is 0. The van der Waals surface area contributed by atoms with Crippen molar-refractivity contribution in [3.8, 4) is 5.75 Å². The Morgan fingerprint density at radius 3 is 2.50 bits per heavy atom. The predicted molar refractivity (Wildman–Crippen MR) is 81.4 cm³/mol. The van der Waals surface area contributed by atoms with Crippen molar-refractivity contribution < 1.29 is 9.53 Å². The van der Waals surface area contributed by atoms with Crippen molar-refractivity contribution in [2.75, 3.05) is 6.61 Å². The summed E-state index contributed by atoms with van der Waals surface area (Å²) in [7, 11) is 0. The number of aryl methyl sites for hydroxylation is 1. The normalized spacial score (nSPS) is 10.3. The molecule has 20 heavy (non-hydrogen) atoms. The highest BCUT2D eigenvalue weighted by Gasteiger charge is 2.05. The minimum atomic E-state index is 0.176. The van der Waals surface area contributed by atoms with Crippen molar-refractivity contribution >= 4 is 5.78 Å². The number of hydrogen-bond acceptors (Lipinski definition) is 2. The van der Waals surface area contributed by atoms with Crippen LogP contribution in [0.15, 0.2) is 48.5 Å². The lowest BCUT2D eigenvalue weighted by Gasteiger charge is -2.10. The Hall–Kier alpha value is -2.09. The zero-order valence-electron chi connectivity index (χ0n) is 12.1. The maximum atomic E-state index is 11.9. The van der Waals surface area contributed by atoms with Crippen molar-refractivity contribution in [3.05, 3.63) is 65.2 Å². The Balaban J connectivity index is 1.80. The van der Waals surface area contributed by atoms with Gasteiger partial charge in [0.15, 0.2) is 5.78 Å². The molecule has 0 bridgehead atoms. The third kappa shape index (κ3) is 3.70. The van der Waals surface area contributed by atoms with Gasteiger partial charge in [0.1, 0.15) is 5.75 Å². The number of ether oxygens (including phenoxy) is 1. The lowest BCUT2D eigenvalue weighted by Crippen LogP contribution is -2.04. The molecule has 2 heteroatoms. The van der Waals surface area contributed by atoms with E-state index in [1.54, 1.807) is 0 Å². The number of carbonyl (C=O) groups is 1. The quantitative estimate of drug-likeness (QED) is 0.575. The fourth-order valence-corrected chi connectivity index (χ4v) is 2.06. The van der Waals surface area contributed by atoms with E-state index in [0.29, 0.717) is 13.0 Å². The largest absolute Gasteiger partial charge is 0.493 e. The van der Waals surface area contributed by atoms with E-state index < -0.39 is 0 Å². The molecule has 104 valence electrons. The van der Waals surface area contributed by atoms with Gasteiger partial charge in [0.2, 0.25) is 0 Å². The topological polar surface area (TPSA) is 26.3 Å². The molecule has 0 aliphatic carbocycles. The number of Topliss-reactive ketones (excluding diaryl/α,β-unsaturated/α-hetero) is 1. The van der Waals surface area contributed by atoms with Crippen LogP contribution in [0.3, 0.4) is 0 Å². The van der Waals surface area contributed by atoms with Gasteiger partial charge in [-0.15, -0.1) is 0 Å². The molecule has 0 amide bonds. The van der Waals surface area contributed by atoms with E-state index >= 15 is 0 Å². The Kier molecular flexibility index (Phi) is 4.94. The van der Waals surface area contributed by atoms with Gasteiger partial charge in [0.25, 0.3) is 0 Å². The number of rotatable bonds is 6. The fourth-order valence-electron chi connectivity index (χ4n) is 2.06. The summed E-state index contributed by atoms with van der Waals surface area (Å²) in [6.45, 7) is 4.70. The van der Waals surface area contributed by atoms with Gasteiger partial charge in [-0.05, 0) is 37.5 Å². The molecule has 0 spiro atoms. The minimum Gasteiger partial charge on any atom is -0.493 e. The van der Waals surface area contributed by atoms with E-state index in [4.69, 9.17) is 4.74 Å². The molecule has 0 N–H and O–H groups in total. The first-order valence-corrected chi connectivity index (χ1v) is 6.96. The van der Waals surface area contributed by atoms with Crippen molar-refractivity contribution in [1.29, 1.82) is 0 Å². The van der Waals surface area contributed by atoms with Gasteiger partial charge in [0.05, 0.1) is 6.61 Å². The number of ketones is 1. The van der Waals surface area contributed by atoms with Crippen LogP contribution >= 0.6 is 0 Å². The maximum absolute atomic E-state index is 11.9. The van der Waals surface area contributed by atoms with Crippen LogP contribution < -0.4 is 4.74 Å². The van der Waals surface area contributed by atoms with E-state index in [-0.39, 0.29) is 5.78 Å². The van der Waals surface area contributed by atoms with Crippen LogP contribution in [0.2, 0.25) is 0 Å². The van der Waals surface area contributed by atoms with E-state index in [0.717, 1.165) is 17.7 Å². The average molecular weight is 268 g/mol. The Labute approximate surface area is 120 Å². The first-order valence-electron chi connectivity index (χ1n) is 6.96. The standard InChI is InChI=1S/C18H20O2/c1-14-8-6-12-18(15(14)2)20-13-7-11-17(19)16-9-4-3-5-10-16/h3-6,8-10,12H,7,11,13H2,1-2H3. The van der Waals surface area contributed by atoms with E-state index in [1.165, 1.54) is 11.1 Å². The second-order valence-corrected chi connectivity index (χ2v) is 4.94. The molecule has 2 rings (SSSR count). The van der Waals surface area contributed by atoms with Crippen molar-refractivity contribution in [3.63, 3.8) is 0 Å². The molecular formula is C18H20O2. The predicted octanol–water partition coefficient (Wildman–Crippen LogP) is 4.35. The molecule has 0 aliphatic heterocycles. The zero-order valence-corrected chi connectivity index (χ0v) is 12.1. The Bertz CT molecular complexity index is 573. The van der Waals surface area contributed by atoms with Gasteiger partial charge >= 0.3 is 0 Å². The van der Waals surface area contributed by atoms with E-state index in [1.807, 2.05) is 42.5 Å². The highest BCUT2D eigenvalue weighted by molar-refractivity contribution is 5.95. The third-order valence-corrected chi connectivity index (χ3v) is 3.46. The summed E-state index contributed by atoms with van der Waals surface area (Å²) in [6.07, 6.45) is 1.26. The molecule has 2 aromatic rings. The van der Waals surface area contributed by atoms with Crippen molar-refractivity contribution in [1.82, 2.24) is 0 Å². The molecule has 0 saturated heterocycles. The SMILES string of the molecule is Cc1cccc(OCCCC(=O)c2ccccc2)c1C. The lowest BCUT2D eigenvalue weighted by molar-refractivity contribution is 0.0973. The Morgan fingerprint density at radius 2 is 1.75 bits per heavy atom. The fraction of sp³-hybridized carbons (Fsp3) is 0.278. The van der Waals surface area contributed by atoms with Gasteiger partial charge < -0.3 is 4.74 Å². The molecule has 0 heterocycles. The highest BCUT2D eigenvalue weighted by atomic mass is 16.5. The summed E-state index contributed by atoms with van der Waals surface area (Å²) in [5.41, 5.74) is 3.17. The van der Waals surface area contributed by atoms with Crippen LogP contribution in [0.4, 0.5) is 0 Å². The smallest absolute Gasteiger partial charge is 0.163 e. The second kappa shape index (κ2) is 6.90. The second-order valence-electron chi connectivity index (χ2n) is 4.94. The summed E-state index contributed by atoms with van der Waals surface area (Å²) < 4.78 is 5.75. The maximum Gasteiger partial charge on any atom is 0.163 e. The lowest BCUT2D eigenvalue weighted by atomic mass is 10.1. The summed E-state index contributed by atoms with van der Waals surface area (Å²) in [4.78, 5) is 11.9. The first-order chi connectivity index (χ1) is 9.68. The van der Waals surface area contributed by atoms with Crippen molar-refractivity contribution in [2.24, 2.45) is 0 Å². The number of carbonyl (C=O) groups excluding carboxylic acids is 1. The van der Waals surface area contributed by atoms with Gasteiger partial charge in [-0.2, -0.15) is 0 Å². The molecule has 0 saturated carbocycles. The summed E-state index contributed by atoms with van der Waals surface area (Å²) >= 11 is 0. The molecule has 2 nitrogen and oxygen atoms in total. The molecule has 0 radical (unpaired) electrons. The number of benzene rings is 2. The summed E-state index contributed by atoms with van der Waals surface area (Å²) in [5.74, 6) is 1.09. The third-order valence-electron chi connectivity index (χ3n) is 3.46. The summed E-state index contributed by atoms with van der Waals surface area (Å²) in [6, 6.07) is 15.4. The summed E-state index contributed by atoms with van der Waals surface area (Å²) in [5, 5.41) is 0.